The van der Waals surface area contributed by atoms with Gasteiger partial charge in [0.1, 0.15) is 0 Å². The molecule has 0 rings (SSSR count). The van der Waals surface area contributed by atoms with E-state index in [1.165, 1.54) is 6.41 Å². The van der Waals surface area contributed by atoms with Gasteiger partial charge in [-0.2, -0.15) is 0 Å². The Hall–Kier alpha value is 0.158. The SMILES string of the molecule is O=[C-][N]=[W]. The van der Waals surface area contributed by atoms with Gasteiger partial charge < -0.3 is 0 Å². The summed E-state index contributed by atoms with van der Waals surface area (Å²) in [5.74, 6) is 0. The van der Waals surface area contributed by atoms with Crippen LogP contribution < -0.4 is 0 Å². The van der Waals surface area contributed by atoms with Gasteiger partial charge >= 0.3 is 34.3 Å². The molecule has 0 saturated carbocycles. The molecule has 0 aromatic heterocycles. The summed E-state index contributed by atoms with van der Waals surface area (Å²) in [5.41, 5.74) is 0. The predicted octanol–water partition coefficient (Wildman–Crippen LogP) is -0.216. The Morgan fingerprint density at radius 1 is 2.00 bits per heavy atom. The quantitative estimate of drug-likeness (QED) is 0.568. The van der Waals surface area contributed by atoms with Crippen LogP contribution >= 0.6 is 0 Å². The Balaban J connectivity index is 2.73. The average molecular weight is 226 g/mol. The molecule has 3 heteroatoms. The number of nitrogens with zero attached hydrogens (tertiary/aromatic N) is 1. The van der Waals surface area contributed by atoms with Gasteiger partial charge in [-0.1, -0.05) is 0 Å². The second-order valence-corrected chi connectivity index (χ2v) is 0.839. The Bertz CT molecular complexity index is 29.0. The van der Waals surface area contributed by atoms with E-state index in [1.54, 1.807) is 0 Å². The van der Waals surface area contributed by atoms with Crippen LogP contribution in [0.15, 0.2) is 3.50 Å². The number of rotatable bonds is 1. The van der Waals surface area contributed by atoms with E-state index < -0.39 is 0 Å². The fraction of sp³-hybridized carbons (Fsp3) is 0. The molecule has 22 valence electrons. The van der Waals surface area contributed by atoms with Gasteiger partial charge in [-0.15, -0.1) is 0 Å². The summed E-state index contributed by atoms with van der Waals surface area (Å²) < 4.78 is 3.01. The van der Waals surface area contributed by atoms with Gasteiger partial charge in [-0.3, -0.25) is 0 Å². The van der Waals surface area contributed by atoms with E-state index in [2.05, 4.69) is 3.50 Å². The molecule has 0 aliphatic heterocycles. The topological polar surface area (TPSA) is 29.4 Å². The molecule has 0 bridgehead atoms. The molecule has 0 saturated heterocycles. The first kappa shape index (κ1) is 4.16. The van der Waals surface area contributed by atoms with Crippen LogP contribution in [0.1, 0.15) is 0 Å². The summed E-state index contributed by atoms with van der Waals surface area (Å²) in [6, 6.07) is 0. The Morgan fingerprint density at radius 3 is 2.25 bits per heavy atom. The van der Waals surface area contributed by atoms with Gasteiger partial charge in [0.05, 0.1) is 0 Å². The molecule has 1 amide bonds. The Kier molecular flexibility index (Phi) is 3.28. The van der Waals surface area contributed by atoms with Gasteiger partial charge in [-0.05, 0) is 0 Å². The van der Waals surface area contributed by atoms with Crippen molar-refractivity contribution >= 4 is 6.41 Å². The van der Waals surface area contributed by atoms with Crippen LogP contribution in [0, 0.1) is 0 Å². The molecule has 0 atom stereocenters. The van der Waals surface area contributed by atoms with Crippen molar-refractivity contribution < 1.29 is 24.4 Å². The van der Waals surface area contributed by atoms with Crippen LogP contribution in [0.2, 0.25) is 0 Å². The Morgan fingerprint density at radius 2 is 2.25 bits per heavy atom. The molecule has 0 aliphatic carbocycles. The van der Waals surface area contributed by atoms with Crippen LogP contribution in [-0.4, -0.2) is 6.41 Å². The zero-order valence-electron chi connectivity index (χ0n) is 1.76. The summed E-state index contributed by atoms with van der Waals surface area (Å²) in [6.07, 6.45) is 1.34. The van der Waals surface area contributed by atoms with E-state index in [0.717, 1.165) is 19.6 Å². The van der Waals surface area contributed by atoms with Crippen molar-refractivity contribution in [2.75, 3.05) is 0 Å². The average Bonchev–Trinajstić information content (AvgIpc) is 1.37. The summed E-state index contributed by atoms with van der Waals surface area (Å²) >= 11 is 0.907. The zero-order chi connectivity index (χ0) is 3.41. The van der Waals surface area contributed by atoms with Crippen LogP contribution in [0.5, 0.6) is 0 Å². The fourth-order valence-electron chi connectivity index (χ4n) is 0. The predicted molar refractivity (Wildman–Crippen MR) is 8.12 cm³/mol. The molecule has 0 unspecified atom stereocenters. The van der Waals surface area contributed by atoms with Gasteiger partial charge in [-0.25, -0.2) is 0 Å². The first-order valence-electron chi connectivity index (χ1n) is 0.610. The molecule has 0 aromatic carbocycles. The monoisotopic (exact) mass is 226 g/mol. The molecule has 0 spiro atoms. The minimum atomic E-state index is 0.907. The normalized spacial score (nSPS) is 5.00. The summed E-state index contributed by atoms with van der Waals surface area (Å²) in [4.78, 5) is 8.90. The van der Waals surface area contributed by atoms with Gasteiger partial charge in [0.15, 0.2) is 0 Å². The van der Waals surface area contributed by atoms with Crippen molar-refractivity contribution in [3.63, 3.8) is 0 Å². The maximum absolute atomic E-state index is 8.90. The van der Waals surface area contributed by atoms with Crippen LogP contribution in [0.25, 0.3) is 0 Å². The molecule has 0 N–H and O–H groups in total. The first-order valence-corrected chi connectivity index (χ1v) is 1.92. The third-order valence-electron chi connectivity index (χ3n) is 0.0373. The number of amides is 1. The van der Waals surface area contributed by atoms with Gasteiger partial charge in [0, 0.05) is 0 Å². The molecule has 0 radical (unpaired) electrons. The molecule has 0 heterocycles. The molecular weight excluding hydrogens is 226 g/mol. The van der Waals surface area contributed by atoms with Crippen molar-refractivity contribution in [1.82, 2.24) is 0 Å². The molecule has 2 nitrogen and oxygen atoms in total. The van der Waals surface area contributed by atoms with Gasteiger partial charge in [0.25, 0.3) is 0 Å². The molecule has 0 aromatic rings. The zero-order valence-corrected chi connectivity index (χ0v) is 4.70. The van der Waals surface area contributed by atoms with E-state index in [-0.39, 0.29) is 0 Å². The van der Waals surface area contributed by atoms with E-state index in [9.17, 15) is 0 Å². The standard InChI is InChI=1S/CNO.W/c2-1-3;/q-1;. The van der Waals surface area contributed by atoms with Crippen LogP contribution in [0.3, 0.4) is 0 Å². The van der Waals surface area contributed by atoms with Crippen molar-refractivity contribution in [3.05, 3.63) is 0 Å². The van der Waals surface area contributed by atoms with E-state index in [4.69, 9.17) is 4.79 Å². The molecule has 0 aliphatic rings. The van der Waals surface area contributed by atoms with Crippen LogP contribution in [-0.2, 0) is 24.4 Å². The van der Waals surface area contributed by atoms with Crippen molar-refractivity contribution in [2.45, 2.75) is 0 Å². The van der Waals surface area contributed by atoms with Crippen molar-refractivity contribution in [2.24, 2.45) is 3.50 Å². The van der Waals surface area contributed by atoms with E-state index in [0.29, 0.717) is 0 Å². The number of hydrogen-bond acceptors (Lipinski definition) is 1. The van der Waals surface area contributed by atoms with Crippen molar-refractivity contribution in [1.29, 1.82) is 0 Å². The molecule has 4 heavy (non-hydrogen) atoms. The maximum atomic E-state index is 8.90. The first-order chi connectivity index (χ1) is 1.91. The summed E-state index contributed by atoms with van der Waals surface area (Å²) in [7, 11) is 0. The summed E-state index contributed by atoms with van der Waals surface area (Å²) in [6.45, 7) is 0. The van der Waals surface area contributed by atoms with Gasteiger partial charge in [0.2, 0.25) is 0 Å². The van der Waals surface area contributed by atoms with E-state index >= 15 is 0 Å². The minimum absolute atomic E-state index is 0.907. The molecular formula is CNOW-. The fourth-order valence-corrected chi connectivity index (χ4v) is 0. The van der Waals surface area contributed by atoms with Crippen LogP contribution in [0.4, 0.5) is 0 Å². The van der Waals surface area contributed by atoms with Crippen molar-refractivity contribution in [3.8, 4) is 0 Å². The second-order valence-electron chi connectivity index (χ2n) is 0.183. The Labute approximate surface area is 35.0 Å². The molecule has 0 fully saturated rings. The number of carbonyl (C=O) groups excluding carboxylic acids is 1. The summed E-state index contributed by atoms with van der Waals surface area (Å²) in [5, 5.41) is 0. The van der Waals surface area contributed by atoms with E-state index in [1.807, 2.05) is 0 Å². The second kappa shape index (κ2) is 3.16. The number of hydrogen-bond donors (Lipinski definition) is 0. The third-order valence-corrected chi connectivity index (χ3v) is 0.305. The third kappa shape index (κ3) is 2.16.